The molecule has 0 aliphatic rings. The van der Waals surface area contributed by atoms with Crippen molar-refractivity contribution in [2.24, 2.45) is 0 Å². The molecule has 2 nitrogen and oxygen atoms in total. The fourth-order valence-corrected chi connectivity index (χ4v) is 2.44. The molecule has 1 aromatic heterocycles. The maximum Gasteiger partial charge on any atom is 0.129 e. The highest BCUT2D eigenvalue weighted by Crippen LogP contribution is 2.26. The van der Waals surface area contributed by atoms with E-state index in [-0.39, 0.29) is 6.04 Å². The molecule has 100 valence electrons. The first kappa shape index (κ1) is 14.4. The standard InChI is InChI=1S/C15H16BrClN2/c1-3-13(11-4-6-12(16)7-5-11)19-14-8-9-15(17)18-10(14)2/h4-9,13,19H,3H2,1-2H3. The number of hydrogen-bond donors (Lipinski definition) is 1. The number of aromatic nitrogens is 1. The van der Waals surface area contributed by atoms with Gasteiger partial charge in [0.25, 0.3) is 0 Å². The molecule has 2 aromatic rings. The molecule has 2 rings (SSSR count). The van der Waals surface area contributed by atoms with Crippen molar-refractivity contribution >= 4 is 33.2 Å². The first-order valence-corrected chi connectivity index (χ1v) is 7.42. The Labute approximate surface area is 127 Å². The van der Waals surface area contributed by atoms with Crippen molar-refractivity contribution in [3.8, 4) is 0 Å². The van der Waals surface area contributed by atoms with Crippen LogP contribution in [0, 0.1) is 6.92 Å². The smallest absolute Gasteiger partial charge is 0.129 e. The number of nitrogens with zero attached hydrogens (tertiary/aromatic N) is 1. The van der Waals surface area contributed by atoms with E-state index in [0.717, 1.165) is 22.3 Å². The van der Waals surface area contributed by atoms with Crippen molar-refractivity contribution in [1.82, 2.24) is 4.98 Å². The highest BCUT2D eigenvalue weighted by atomic mass is 79.9. The molecule has 1 atom stereocenters. The highest BCUT2D eigenvalue weighted by molar-refractivity contribution is 9.10. The predicted octanol–water partition coefficient (Wildman–Crippen LogP) is 5.37. The van der Waals surface area contributed by atoms with E-state index in [1.165, 1.54) is 5.56 Å². The van der Waals surface area contributed by atoms with Crippen LogP contribution >= 0.6 is 27.5 Å². The fourth-order valence-electron chi connectivity index (χ4n) is 1.99. The number of nitrogens with one attached hydrogen (secondary N) is 1. The van der Waals surface area contributed by atoms with Gasteiger partial charge in [-0.05, 0) is 43.2 Å². The lowest BCUT2D eigenvalue weighted by molar-refractivity contribution is 0.747. The zero-order valence-corrected chi connectivity index (χ0v) is 13.3. The van der Waals surface area contributed by atoms with E-state index < -0.39 is 0 Å². The summed E-state index contributed by atoms with van der Waals surface area (Å²) in [5, 5.41) is 4.05. The zero-order chi connectivity index (χ0) is 13.8. The van der Waals surface area contributed by atoms with Crippen molar-refractivity contribution in [1.29, 1.82) is 0 Å². The number of hydrogen-bond acceptors (Lipinski definition) is 2. The summed E-state index contributed by atoms with van der Waals surface area (Å²) >= 11 is 9.34. The monoisotopic (exact) mass is 338 g/mol. The number of aryl methyl sites for hydroxylation is 1. The SMILES string of the molecule is CCC(Nc1ccc(Cl)nc1C)c1ccc(Br)cc1. The van der Waals surface area contributed by atoms with Gasteiger partial charge >= 0.3 is 0 Å². The topological polar surface area (TPSA) is 24.9 Å². The quantitative estimate of drug-likeness (QED) is 0.758. The molecule has 0 aliphatic heterocycles. The number of rotatable bonds is 4. The zero-order valence-electron chi connectivity index (χ0n) is 11.0. The third-order valence-corrected chi connectivity index (χ3v) is 3.80. The minimum Gasteiger partial charge on any atom is -0.377 e. The lowest BCUT2D eigenvalue weighted by atomic mass is 10.0. The molecule has 0 bridgehead atoms. The van der Waals surface area contributed by atoms with Crippen molar-refractivity contribution < 1.29 is 0 Å². The maximum atomic E-state index is 5.88. The Kier molecular flexibility index (Phi) is 4.83. The Morgan fingerprint density at radius 2 is 1.89 bits per heavy atom. The third-order valence-electron chi connectivity index (χ3n) is 3.06. The summed E-state index contributed by atoms with van der Waals surface area (Å²) < 4.78 is 1.09. The fraction of sp³-hybridized carbons (Fsp3) is 0.267. The summed E-state index contributed by atoms with van der Waals surface area (Å²) in [4.78, 5) is 4.26. The minimum atomic E-state index is 0.273. The Morgan fingerprint density at radius 1 is 1.21 bits per heavy atom. The summed E-state index contributed by atoms with van der Waals surface area (Å²) in [7, 11) is 0. The number of benzene rings is 1. The second kappa shape index (κ2) is 6.40. The predicted molar refractivity (Wildman–Crippen MR) is 84.8 cm³/mol. The van der Waals surface area contributed by atoms with Crippen LogP contribution in [0.4, 0.5) is 5.69 Å². The average Bonchev–Trinajstić information content (AvgIpc) is 2.39. The molecule has 1 heterocycles. The maximum absolute atomic E-state index is 5.88. The largest absolute Gasteiger partial charge is 0.377 e. The van der Waals surface area contributed by atoms with Crippen LogP contribution in [-0.4, -0.2) is 4.98 Å². The lowest BCUT2D eigenvalue weighted by Gasteiger charge is -2.20. The van der Waals surface area contributed by atoms with Gasteiger partial charge in [-0.3, -0.25) is 0 Å². The van der Waals surface area contributed by atoms with E-state index in [4.69, 9.17) is 11.6 Å². The molecule has 4 heteroatoms. The van der Waals surface area contributed by atoms with E-state index in [1.807, 2.05) is 19.1 Å². The van der Waals surface area contributed by atoms with Crippen LogP contribution in [0.3, 0.4) is 0 Å². The second-order valence-corrected chi connectivity index (χ2v) is 5.73. The normalized spacial score (nSPS) is 12.2. The summed E-state index contributed by atoms with van der Waals surface area (Å²) in [6.45, 7) is 4.13. The Morgan fingerprint density at radius 3 is 2.47 bits per heavy atom. The number of halogens is 2. The van der Waals surface area contributed by atoms with Crippen LogP contribution in [0.25, 0.3) is 0 Å². The van der Waals surface area contributed by atoms with Gasteiger partial charge in [-0.1, -0.05) is 46.6 Å². The second-order valence-electron chi connectivity index (χ2n) is 4.42. The summed E-state index contributed by atoms with van der Waals surface area (Å²) in [6, 6.07) is 12.4. The summed E-state index contributed by atoms with van der Waals surface area (Å²) in [5.74, 6) is 0. The first-order chi connectivity index (χ1) is 9.10. The highest BCUT2D eigenvalue weighted by Gasteiger charge is 2.10. The van der Waals surface area contributed by atoms with Gasteiger partial charge < -0.3 is 5.32 Å². The molecule has 0 saturated carbocycles. The van der Waals surface area contributed by atoms with E-state index >= 15 is 0 Å². The lowest BCUT2D eigenvalue weighted by Crippen LogP contribution is -2.11. The van der Waals surface area contributed by atoms with Crippen LogP contribution in [0.15, 0.2) is 40.9 Å². The molecular weight excluding hydrogens is 324 g/mol. The molecule has 19 heavy (non-hydrogen) atoms. The van der Waals surface area contributed by atoms with Crippen molar-refractivity contribution in [2.75, 3.05) is 5.32 Å². The van der Waals surface area contributed by atoms with Crippen LogP contribution < -0.4 is 5.32 Å². The van der Waals surface area contributed by atoms with Gasteiger partial charge in [0.1, 0.15) is 5.15 Å². The summed E-state index contributed by atoms with van der Waals surface area (Å²) in [6.07, 6.45) is 1.00. The molecule has 1 N–H and O–H groups in total. The van der Waals surface area contributed by atoms with E-state index in [0.29, 0.717) is 5.15 Å². The molecule has 0 spiro atoms. The van der Waals surface area contributed by atoms with E-state index in [9.17, 15) is 0 Å². The molecule has 0 aliphatic carbocycles. The molecule has 1 aromatic carbocycles. The van der Waals surface area contributed by atoms with Gasteiger partial charge in [0.15, 0.2) is 0 Å². The van der Waals surface area contributed by atoms with E-state index in [1.54, 1.807) is 0 Å². The molecular formula is C15H16BrClN2. The van der Waals surface area contributed by atoms with Gasteiger partial charge in [0.05, 0.1) is 17.4 Å². The molecule has 1 unspecified atom stereocenters. The Bertz CT molecular complexity index is 555. The molecule has 0 fully saturated rings. The Balaban J connectivity index is 2.21. The van der Waals surface area contributed by atoms with Gasteiger partial charge in [0, 0.05) is 4.47 Å². The van der Waals surface area contributed by atoms with Gasteiger partial charge in [-0.2, -0.15) is 0 Å². The molecule has 0 radical (unpaired) electrons. The van der Waals surface area contributed by atoms with Crippen molar-refractivity contribution in [2.45, 2.75) is 26.3 Å². The van der Waals surface area contributed by atoms with E-state index in [2.05, 4.69) is 57.4 Å². The molecule has 0 amide bonds. The first-order valence-electron chi connectivity index (χ1n) is 6.25. The van der Waals surface area contributed by atoms with Crippen LogP contribution in [-0.2, 0) is 0 Å². The van der Waals surface area contributed by atoms with Crippen LogP contribution in [0.5, 0.6) is 0 Å². The third kappa shape index (κ3) is 3.71. The van der Waals surface area contributed by atoms with Gasteiger partial charge in [0.2, 0.25) is 0 Å². The Hall–Kier alpha value is -1.06. The summed E-state index contributed by atoms with van der Waals surface area (Å²) in [5.41, 5.74) is 3.21. The van der Waals surface area contributed by atoms with Crippen LogP contribution in [0.2, 0.25) is 5.15 Å². The van der Waals surface area contributed by atoms with Crippen LogP contribution in [0.1, 0.15) is 30.6 Å². The van der Waals surface area contributed by atoms with Crippen molar-refractivity contribution in [3.63, 3.8) is 0 Å². The number of anilines is 1. The average molecular weight is 340 g/mol. The van der Waals surface area contributed by atoms with Gasteiger partial charge in [-0.15, -0.1) is 0 Å². The minimum absolute atomic E-state index is 0.273. The van der Waals surface area contributed by atoms with Gasteiger partial charge in [-0.25, -0.2) is 4.98 Å². The number of pyridine rings is 1. The molecule has 0 saturated heterocycles. The van der Waals surface area contributed by atoms with Crippen molar-refractivity contribution in [3.05, 3.63) is 57.3 Å².